The molecule has 5 aromatic carbocycles. The Morgan fingerprint density at radius 3 is 1.87 bits per heavy atom. The molecule has 0 aliphatic carbocycles. The Morgan fingerprint density at radius 2 is 1.28 bits per heavy atom. The van der Waals surface area contributed by atoms with Crippen LogP contribution >= 0.6 is 0 Å². The molecule has 1 atom stereocenters. The van der Waals surface area contributed by atoms with Gasteiger partial charge < -0.3 is 15.0 Å². The van der Waals surface area contributed by atoms with Crippen molar-refractivity contribution in [2.75, 3.05) is 17.9 Å². The lowest BCUT2D eigenvalue weighted by molar-refractivity contribution is -0.139. The first-order valence-corrected chi connectivity index (χ1v) is 16.4. The van der Waals surface area contributed by atoms with Crippen molar-refractivity contribution in [3.8, 4) is 11.5 Å². The molecule has 5 aromatic rings. The Kier molecular flexibility index (Phi) is 10.6. The third-order valence-electron chi connectivity index (χ3n) is 7.50. The van der Waals surface area contributed by atoms with Crippen LogP contribution in [0.5, 0.6) is 11.5 Å². The molecule has 0 saturated heterocycles. The van der Waals surface area contributed by atoms with Gasteiger partial charge in [-0.15, -0.1) is 0 Å². The Hall–Kier alpha value is -5.48. The molecule has 0 aliphatic rings. The quantitative estimate of drug-likeness (QED) is 0.164. The van der Waals surface area contributed by atoms with Gasteiger partial charge in [0.15, 0.2) is 0 Å². The number of carbonyl (C=O) groups excluding carboxylic acids is 2. The first-order chi connectivity index (χ1) is 22.7. The molecule has 0 spiro atoms. The third-order valence-corrected chi connectivity index (χ3v) is 9.29. The van der Waals surface area contributed by atoms with Crippen LogP contribution in [-0.2, 0) is 32.6 Å². The first kappa shape index (κ1) is 32.9. The van der Waals surface area contributed by atoms with Crippen LogP contribution in [0.1, 0.15) is 11.1 Å². The predicted molar refractivity (Wildman–Crippen MR) is 179 cm³/mol. The van der Waals surface area contributed by atoms with Gasteiger partial charge in [0, 0.05) is 20.0 Å². The zero-order valence-corrected chi connectivity index (χ0v) is 26.5. The third kappa shape index (κ3) is 8.42. The number of carbonyl (C=O) groups is 2. The monoisotopic (exact) mass is 651 g/mol. The van der Waals surface area contributed by atoms with Crippen LogP contribution in [0, 0.1) is 5.82 Å². The van der Waals surface area contributed by atoms with Gasteiger partial charge in [0.25, 0.3) is 10.0 Å². The summed E-state index contributed by atoms with van der Waals surface area (Å²) in [6.45, 7) is -0.674. The van der Waals surface area contributed by atoms with Crippen LogP contribution in [0.3, 0.4) is 0 Å². The van der Waals surface area contributed by atoms with Crippen molar-refractivity contribution in [3.05, 3.63) is 156 Å². The minimum absolute atomic E-state index is 0.00497. The number of hydrogen-bond donors (Lipinski definition) is 1. The minimum atomic E-state index is -4.25. The lowest BCUT2D eigenvalue weighted by atomic mass is 10.0. The lowest BCUT2D eigenvalue weighted by Gasteiger charge is -2.33. The summed E-state index contributed by atoms with van der Waals surface area (Å²) in [5.74, 6) is -0.408. The van der Waals surface area contributed by atoms with Gasteiger partial charge in [-0.05, 0) is 71.8 Å². The summed E-state index contributed by atoms with van der Waals surface area (Å²) in [6, 6.07) is 37.2. The van der Waals surface area contributed by atoms with Crippen LogP contribution in [0.25, 0.3) is 0 Å². The van der Waals surface area contributed by atoms with Crippen molar-refractivity contribution in [1.29, 1.82) is 0 Å². The molecular weight excluding hydrogens is 617 g/mol. The van der Waals surface area contributed by atoms with Gasteiger partial charge in [-0.3, -0.25) is 13.9 Å². The molecule has 0 fully saturated rings. The van der Waals surface area contributed by atoms with E-state index in [1.54, 1.807) is 54.6 Å². The van der Waals surface area contributed by atoms with E-state index in [4.69, 9.17) is 4.74 Å². The van der Waals surface area contributed by atoms with Gasteiger partial charge in [0.1, 0.15) is 29.9 Å². The van der Waals surface area contributed by atoms with Crippen molar-refractivity contribution in [2.45, 2.75) is 23.9 Å². The highest BCUT2D eigenvalue weighted by molar-refractivity contribution is 7.92. The molecule has 240 valence electrons. The number of nitrogens with zero attached hydrogens (tertiary/aromatic N) is 2. The van der Waals surface area contributed by atoms with Crippen molar-refractivity contribution in [1.82, 2.24) is 10.2 Å². The molecule has 8 nitrogen and oxygen atoms in total. The average Bonchev–Trinajstić information content (AvgIpc) is 3.10. The van der Waals surface area contributed by atoms with E-state index in [9.17, 15) is 22.4 Å². The Morgan fingerprint density at radius 1 is 0.723 bits per heavy atom. The number of amides is 2. The SMILES string of the molecule is CNC(=O)[C@@H](Cc1ccccc1)N(Cc1ccc(F)cc1)C(=O)CN(c1ccc(Oc2ccccc2)cc1)S(=O)(=O)c1ccccc1. The molecule has 0 radical (unpaired) electrons. The van der Waals surface area contributed by atoms with Crippen LogP contribution in [0.4, 0.5) is 10.1 Å². The molecule has 0 unspecified atom stereocenters. The fourth-order valence-electron chi connectivity index (χ4n) is 5.06. The highest BCUT2D eigenvalue weighted by Crippen LogP contribution is 2.29. The van der Waals surface area contributed by atoms with Gasteiger partial charge >= 0.3 is 0 Å². The van der Waals surface area contributed by atoms with Crippen LogP contribution in [-0.4, -0.2) is 44.8 Å². The molecule has 0 aliphatic heterocycles. The van der Waals surface area contributed by atoms with Crippen molar-refractivity contribution >= 4 is 27.5 Å². The van der Waals surface area contributed by atoms with Gasteiger partial charge in [-0.1, -0.05) is 78.9 Å². The standard InChI is InChI=1S/C37H34FN3O5S/c1-39-37(43)35(25-28-11-5-2-6-12-28)40(26-29-17-19-30(38)20-18-29)36(42)27-41(47(44,45)34-15-9-4-10-16-34)31-21-23-33(24-22-31)46-32-13-7-3-8-14-32/h2-24,35H,25-27H2,1H3,(H,39,43)/t35-/m1/s1. The largest absolute Gasteiger partial charge is 0.457 e. The summed E-state index contributed by atoms with van der Waals surface area (Å²) in [5, 5.41) is 2.64. The molecule has 0 aromatic heterocycles. The Labute approximate surface area is 274 Å². The molecule has 0 bridgehead atoms. The van der Waals surface area contributed by atoms with Crippen molar-refractivity contribution in [3.63, 3.8) is 0 Å². The minimum Gasteiger partial charge on any atom is -0.457 e. The van der Waals surface area contributed by atoms with Crippen LogP contribution in [0.15, 0.2) is 144 Å². The fraction of sp³-hybridized carbons (Fsp3) is 0.135. The number of anilines is 1. The molecule has 0 saturated carbocycles. The summed E-state index contributed by atoms with van der Waals surface area (Å²) in [4.78, 5) is 29.1. The van der Waals surface area contributed by atoms with E-state index in [1.165, 1.54) is 48.3 Å². The predicted octanol–water partition coefficient (Wildman–Crippen LogP) is 6.20. The summed E-state index contributed by atoms with van der Waals surface area (Å²) >= 11 is 0. The molecule has 0 heterocycles. The van der Waals surface area contributed by atoms with E-state index in [1.807, 2.05) is 48.5 Å². The maximum absolute atomic E-state index is 14.4. The molecule has 10 heteroatoms. The zero-order valence-electron chi connectivity index (χ0n) is 25.7. The van der Waals surface area contributed by atoms with Gasteiger partial charge in [-0.2, -0.15) is 0 Å². The molecule has 2 amide bonds. The van der Waals surface area contributed by atoms with E-state index in [0.717, 1.165) is 9.87 Å². The maximum atomic E-state index is 14.4. The Balaban J connectivity index is 1.53. The highest BCUT2D eigenvalue weighted by atomic mass is 32.2. The molecule has 5 rings (SSSR count). The maximum Gasteiger partial charge on any atom is 0.264 e. The van der Waals surface area contributed by atoms with Gasteiger partial charge in [0.05, 0.1) is 10.6 Å². The summed E-state index contributed by atoms with van der Waals surface area (Å²) in [5.41, 5.74) is 1.60. The first-order valence-electron chi connectivity index (χ1n) is 14.9. The number of ether oxygens (including phenoxy) is 1. The number of nitrogens with one attached hydrogen (secondary N) is 1. The Bertz CT molecular complexity index is 1870. The lowest BCUT2D eigenvalue weighted by Crippen LogP contribution is -2.53. The number of halogens is 1. The second kappa shape index (κ2) is 15.2. The number of hydrogen-bond acceptors (Lipinski definition) is 5. The number of sulfonamides is 1. The number of rotatable bonds is 13. The number of para-hydroxylation sites is 1. The van der Waals surface area contributed by atoms with E-state index >= 15 is 0 Å². The van der Waals surface area contributed by atoms with E-state index < -0.39 is 40.2 Å². The van der Waals surface area contributed by atoms with Crippen molar-refractivity contribution < 1.29 is 27.1 Å². The van der Waals surface area contributed by atoms with Crippen LogP contribution in [0.2, 0.25) is 0 Å². The topological polar surface area (TPSA) is 96.0 Å². The molecule has 47 heavy (non-hydrogen) atoms. The van der Waals surface area contributed by atoms with E-state index in [0.29, 0.717) is 17.1 Å². The summed E-state index contributed by atoms with van der Waals surface area (Å²) in [7, 11) is -2.77. The molecule has 1 N–H and O–H groups in total. The van der Waals surface area contributed by atoms with Gasteiger partial charge in [0.2, 0.25) is 11.8 Å². The fourth-order valence-corrected chi connectivity index (χ4v) is 6.50. The number of benzene rings is 5. The van der Waals surface area contributed by atoms with E-state index in [-0.39, 0.29) is 23.5 Å². The second-order valence-corrected chi connectivity index (χ2v) is 12.6. The second-order valence-electron chi connectivity index (χ2n) is 10.7. The zero-order chi connectivity index (χ0) is 33.2. The van der Waals surface area contributed by atoms with Crippen molar-refractivity contribution in [2.24, 2.45) is 0 Å². The number of likely N-dealkylation sites (N-methyl/N-ethyl adjacent to an activating group) is 1. The molecular formula is C37H34FN3O5S. The summed E-state index contributed by atoms with van der Waals surface area (Å²) < 4.78 is 48.9. The highest BCUT2D eigenvalue weighted by Gasteiger charge is 2.34. The van der Waals surface area contributed by atoms with Gasteiger partial charge in [-0.25, -0.2) is 12.8 Å². The average molecular weight is 652 g/mol. The van der Waals surface area contributed by atoms with Crippen LogP contribution < -0.4 is 14.4 Å². The normalized spacial score (nSPS) is 11.7. The smallest absolute Gasteiger partial charge is 0.264 e. The van der Waals surface area contributed by atoms with E-state index in [2.05, 4.69) is 5.32 Å². The summed E-state index contributed by atoms with van der Waals surface area (Å²) in [6.07, 6.45) is 0.171.